The number of hydrogen-bond donors (Lipinski definition) is 2. The van der Waals surface area contributed by atoms with Gasteiger partial charge in [0, 0.05) is 31.6 Å². The van der Waals surface area contributed by atoms with Gasteiger partial charge in [0.1, 0.15) is 10.6 Å². The van der Waals surface area contributed by atoms with E-state index in [4.69, 9.17) is 14.2 Å². The zero-order valence-electron chi connectivity index (χ0n) is 18.5. The van der Waals surface area contributed by atoms with Gasteiger partial charge in [-0.05, 0) is 42.8 Å². The van der Waals surface area contributed by atoms with Crippen molar-refractivity contribution in [2.75, 3.05) is 57.7 Å². The minimum Gasteiger partial charge on any atom is -0.495 e. The predicted octanol–water partition coefficient (Wildman–Crippen LogP) is 2.47. The van der Waals surface area contributed by atoms with E-state index in [9.17, 15) is 13.2 Å². The molecule has 1 unspecified atom stereocenters. The summed E-state index contributed by atoms with van der Waals surface area (Å²) in [5.41, 5.74) is 2.14. The zero-order valence-corrected chi connectivity index (χ0v) is 19.3. The molecule has 0 radical (unpaired) electrons. The Hall–Kier alpha value is -2.66. The minimum absolute atomic E-state index is 0.00825. The molecule has 1 aliphatic heterocycles. The highest BCUT2D eigenvalue weighted by molar-refractivity contribution is 7.89. The molecule has 0 spiro atoms. The van der Waals surface area contributed by atoms with E-state index in [-0.39, 0.29) is 42.3 Å². The number of carbonyl (C=O) groups is 1. The number of morpholine rings is 1. The topological polar surface area (TPSA) is 106 Å². The summed E-state index contributed by atoms with van der Waals surface area (Å²) in [4.78, 5) is 12.5. The average molecular weight is 464 g/mol. The molecule has 174 valence electrons. The van der Waals surface area contributed by atoms with E-state index in [0.29, 0.717) is 18.9 Å². The second-order valence-corrected chi connectivity index (χ2v) is 9.19. The summed E-state index contributed by atoms with van der Waals surface area (Å²) in [5.74, 6) is -0.0909. The van der Waals surface area contributed by atoms with E-state index in [1.54, 1.807) is 13.2 Å². The van der Waals surface area contributed by atoms with Crippen LogP contribution in [0.5, 0.6) is 5.75 Å². The molecule has 10 heteroatoms. The van der Waals surface area contributed by atoms with Crippen molar-refractivity contribution in [1.82, 2.24) is 4.31 Å². The summed E-state index contributed by atoms with van der Waals surface area (Å²) in [5, 5.41) is 5.81. The maximum absolute atomic E-state index is 13.1. The second-order valence-electron chi connectivity index (χ2n) is 7.29. The quantitative estimate of drug-likeness (QED) is 0.588. The molecular weight excluding hydrogens is 434 g/mol. The van der Waals surface area contributed by atoms with Gasteiger partial charge in [-0.1, -0.05) is 12.1 Å². The van der Waals surface area contributed by atoms with Crippen molar-refractivity contribution >= 4 is 27.3 Å². The second kappa shape index (κ2) is 10.8. The van der Waals surface area contributed by atoms with Crippen molar-refractivity contribution in [2.45, 2.75) is 17.9 Å². The largest absolute Gasteiger partial charge is 0.495 e. The van der Waals surface area contributed by atoms with E-state index in [2.05, 4.69) is 10.6 Å². The van der Waals surface area contributed by atoms with E-state index in [1.165, 1.54) is 23.5 Å². The first kappa shape index (κ1) is 24.0. The molecule has 1 atom stereocenters. The Labute approximate surface area is 188 Å². The number of ether oxygens (including phenoxy) is 3. The summed E-state index contributed by atoms with van der Waals surface area (Å²) < 4.78 is 43.3. The summed E-state index contributed by atoms with van der Waals surface area (Å²) in [6.45, 7) is 3.18. The first-order valence-corrected chi connectivity index (χ1v) is 11.7. The number of anilines is 2. The van der Waals surface area contributed by atoms with Gasteiger partial charge in [0.05, 0.1) is 33.0 Å². The lowest BCUT2D eigenvalue weighted by atomic mass is 10.1. The number of hydrogen-bond acceptors (Lipinski definition) is 7. The fraction of sp³-hybridized carbons (Fsp3) is 0.409. The van der Waals surface area contributed by atoms with Crippen molar-refractivity contribution in [1.29, 1.82) is 0 Å². The van der Waals surface area contributed by atoms with Crippen LogP contribution in [0.4, 0.5) is 11.4 Å². The number of nitrogens with zero attached hydrogens (tertiary/aromatic N) is 1. The van der Waals surface area contributed by atoms with Crippen LogP contribution >= 0.6 is 0 Å². The minimum atomic E-state index is -3.78. The van der Waals surface area contributed by atoms with E-state index >= 15 is 0 Å². The summed E-state index contributed by atoms with van der Waals surface area (Å²) in [6.07, 6.45) is -0.0586. The molecule has 1 aliphatic rings. The lowest BCUT2D eigenvalue weighted by Crippen LogP contribution is -2.40. The Kier molecular flexibility index (Phi) is 8.08. The first-order chi connectivity index (χ1) is 15.3. The smallest absolute Gasteiger partial charge is 0.246 e. The van der Waals surface area contributed by atoms with Crippen molar-refractivity contribution in [2.24, 2.45) is 0 Å². The lowest BCUT2D eigenvalue weighted by Gasteiger charge is -2.26. The normalized spacial score (nSPS) is 15.7. The van der Waals surface area contributed by atoms with Crippen LogP contribution in [-0.2, 0) is 24.3 Å². The molecule has 2 aromatic rings. The molecule has 32 heavy (non-hydrogen) atoms. The number of carbonyl (C=O) groups excluding carboxylic acids is 1. The Morgan fingerprint density at radius 3 is 2.56 bits per heavy atom. The molecule has 3 rings (SSSR count). The number of benzene rings is 2. The molecule has 1 saturated heterocycles. The number of sulfonamides is 1. The van der Waals surface area contributed by atoms with Crippen LogP contribution in [0.15, 0.2) is 47.4 Å². The molecule has 9 nitrogen and oxygen atoms in total. The van der Waals surface area contributed by atoms with Gasteiger partial charge in [0.15, 0.2) is 0 Å². The van der Waals surface area contributed by atoms with Crippen LogP contribution < -0.4 is 15.4 Å². The standard InChI is InChI=1S/C22H29N3O6S/c1-16(29-2)17-5-4-6-18(13-17)23-15-22(26)24-19-7-8-20(30-3)21(14-19)32(27,28)25-9-11-31-12-10-25/h4-8,13-14,16,23H,9-12,15H2,1-3H3,(H,24,26). The van der Waals surface area contributed by atoms with E-state index < -0.39 is 10.0 Å². The molecule has 2 N–H and O–H groups in total. The fourth-order valence-electron chi connectivity index (χ4n) is 3.31. The predicted molar refractivity (Wildman–Crippen MR) is 122 cm³/mol. The number of amides is 1. The third kappa shape index (κ3) is 5.77. The highest BCUT2D eigenvalue weighted by Gasteiger charge is 2.29. The van der Waals surface area contributed by atoms with Gasteiger partial charge < -0.3 is 24.8 Å². The van der Waals surface area contributed by atoms with Crippen LogP contribution in [-0.4, -0.2) is 65.7 Å². The first-order valence-electron chi connectivity index (χ1n) is 10.3. The zero-order chi connectivity index (χ0) is 23.1. The van der Waals surface area contributed by atoms with Gasteiger partial charge >= 0.3 is 0 Å². The molecule has 0 saturated carbocycles. The number of rotatable bonds is 9. The van der Waals surface area contributed by atoms with Gasteiger partial charge in [-0.25, -0.2) is 8.42 Å². The molecule has 1 heterocycles. The Morgan fingerprint density at radius 2 is 1.88 bits per heavy atom. The molecule has 0 aromatic heterocycles. The molecule has 0 aliphatic carbocycles. The molecule has 0 bridgehead atoms. The Balaban J connectivity index is 1.69. The van der Waals surface area contributed by atoms with Crippen molar-refractivity contribution < 1.29 is 27.4 Å². The Bertz CT molecular complexity index is 1040. The third-order valence-corrected chi connectivity index (χ3v) is 7.12. The summed E-state index contributed by atoms with van der Waals surface area (Å²) in [6, 6.07) is 12.2. The lowest BCUT2D eigenvalue weighted by molar-refractivity contribution is -0.114. The van der Waals surface area contributed by atoms with Crippen molar-refractivity contribution in [3.63, 3.8) is 0 Å². The number of methoxy groups -OCH3 is 2. The van der Waals surface area contributed by atoms with Crippen molar-refractivity contribution in [3.05, 3.63) is 48.0 Å². The van der Waals surface area contributed by atoms with Crippen LogP contribution in [0.1, 0.15) is 18.6 Å². The summed E-state index contributed by atoms with van der Waals surface area (Å²) >= 11 is 0. The molecular formula is C22H29N3O6S. The van der Waals surface area contributed by atoms with Crippen LogP contribution in [0, 0.1) is 0 Å². The van der Waals surface area contributed by atoms with Crippen LogP contribution in [0.3, 0.4) is 0 Å². The Morgan fingerprint density at radius 1 is 1.12 bits per heavy atom. The molecule has 1 fully saturated rings. The number of nitrogens with one attached hydrogen (secondary N) is 2. The maximum Gasteiger partial charge on any atom is 0.246 e. The van der Waals surface area contributed by atoms with Gasteiger partial charge in [-0.3, -0.25) is 4.79 Å². The van der Waals surface area contributed by atoms with E-state index in [0.717, 1.165) is 11.3 Å². The third-order valence-electron chi connectivity index (χ3n) is 5.20. The monoisotopic (exact) mass is 463 g/mol. The van der Waals surface area contributed by atoms with Crippen LogP contribution in [0.2, 0.25) is 0 Å². The van der Waals surface area contributed by atoms with Gasteiger partial charge in [0.2, 0.25) is 15.9 Å². The van der Waals surface area contributed by atoms with Crippen LogP contribution in [0.25, 0.3) is 0 Å². The van der Waals surface area contributed by atoms with Crippen molar-refractivity contribution in [3.8, 4) is 5.75 Å². The van der Waals surface area contributed by atoms with E-state index in [1.807, 2.05) is 31.2 Å². The summed E-state index contributed by atoms with van der Waals surface area (Å²) in [7, 11) is -0.734. The fourth-order valence-corrected chi connectivity index (χ4v) is 4.90. The molecule has 1 amide bonds. The van der Waals surface area contributed by atoms with Gasteiger partial charge in [0.25, 0.3) is 0 Å². The van der Waals surface area contributed by atoms with Gasteiger partial charge in [-0.15, -0.1) is 0 Å². The highest BCUT2D eigenvalue weighted by Crippen LogP contribution is 2.30. The van der Waals surface area contributed by atoms with Gasteiger partial charge in [-0.2, -0.15) is 4.31 Å². The SMILES string of the molecule is COc1ccc(NC(=O)CNc2cccc(C(C)OC)c2)cc1S(=O)(=O)N1CCOCC1. The average Bonchev–Trinajstić information content (AvgIpc) is 2.83. The highest BCUT2D eigenvalue weighted by atomic mass is 32.2. The maximum atomic E-state index is 13.1. The molecule has 2 aromatic carbocycles.